The second-order valence-electron chi connectivity index (χ2n) is 7.97. The Morgan fingerprint density at radius 3 is 1.40 bits per heavy atom. The van der Waals surface area contributed by atoms with Crippen molar-refractivity contribution in [2.75, 3.05) is 54.0 Å². The van der Waals surface area contributed by atoms with Gasteiger partial charge in [-0.25, -0.2) is 0 Å². The van der Waals surface area contributed by atoms with E-state index in [0.29, 0.717) is 0 Å². The molecule has 1 aromatic carbocycles. The molecule has 0 bridgehead atoms. The van der Waals surface area contributed by atoms with Crippen molar-refractivity contribution in [2.45, 2.75) is 38.5 Å². The van der Waals surface area contributed by atoms with Crippen molar-refractivity contribution >= 4 is 34.3 Å². The summed E-state index contributed by atoms with van der Waals surface area (Å²) in [5.74, 6) is 1.06. The molecule has 0 saturated carbocycles. The molecular formula is C18H29F6N3OP2. The van der Waals surface area contributed by atoms with Crippen LogP contribution in [0.5, 0.6) is 5.75 Å². The van der Waals surface area contributed by atoms with E-state index in [1.807, 2.05) is 0 Å². The largest absolute Gasteiger partial charge is 0.370 e. The third-order valence-corrected chi connectivity index (χ3v) is 5.85. The first-order chi connectivity index (χ1) is 13.8. The average molecular weight is 479 g/mol. The van der Waals surface area contributed by atoms with Gasteiger partial charge in [0.15, 0.2) is 15.2 Å². The summed E-state index contributed by atoms with van der Waals surface area (Å²) in [6.07, 6.45) is 7.89. The van der Waals surface area contributed by atoms with Gasteiger partial charge >= 0.3 is 33.0 Å². The zero-order chi connectivity index (χ0) is 22.1. The summed E-state index contributed by atoms with van der Waals surface area (Å²) < 4.78 is 65.0. The molecule has 12 heteroatoms. The quantitative estimate of drug-likeness (QED) is 0.351. The number of rotatable bonds is 4. The van der Waals surface area contributed by atoms with Crippen molar-refractivity contribution in [3.63, 3.8) is 0 Å². The molecule has 3 aliphatic rings. The fraction of sp³-hybridized carbons (Fsp3) is 0.667. The molecule has 174 valence electrons. The number of benzene rings is 1. The number of halogens is 6. The van der Waals surface area contributed by atoms with Gasteiger partial charge in [0, 0.05) is 39.3 Å². The number of anilines is 3. The van der Waals surface area contributed by atoms with E-state index in [2.05, 4.69) is 26.8 Å². The van der Waals surface area contributed by atoms with Crippen LogP contribution in [0.1, 0.15) is 38.5 Å². The Morgan fingerprint density at radius 2 is 1.00 bits per heavy atom. The van der Waals surface area contributed by atoms with Crippen LogP contribution in [0.2, 0.25) is 0 Å². The molecule has 1 atom stereocenters. The van der Waals surface area contributed by atoms with Gasteiger partial charge in [-0.2, -0.15) is 0 Å². The first-order valence-electron chi connectivity index (χ1n) is 10.2. The Labute approximate surface area is 175 Å². The summed E-state index contributed by atoms with van der Waals surface area (Å²) in [6.45, 7) is 7.13. The normalized spacial score (nSPS) is 22.0. The van der Waals surface area contributed by atoms with Crippen molar-refractivity contribution in [1.82, 2.24) is 0 Å². The molecule has 0 amide bonds. The second-order valence-corrected chi connectivity index (χ2v) is 10.2. The van der Waals surface area contributed by atoms with Crippen molar-refractivity contribution < 1.29 is 29.7 Å². The Kier molecular flexibility index (Phi) is 6.34. The van der Waals surface area contributed by atoms with E-state index >= 15 is 0 Å². The fourth-order valence-electron chi connectivity index (χ4n) is 4.38. The minimum absolute atomic E-state index is 1.06. The first-order valence-corrected chi connectivity index (χ1v) is 12.8. The molecule has 4 rings (SSSR count). The molecule has 0 aromatic heterocycles. The fourth-order valence-corrected chi connectivity index (χ4v) is 4.61. The maximum Gasteiger partial charge on any atom is 0.198 e. The van der Waals surface area contributed by atoms with Crippen LogP contribution >= 0.6 is 17.3 Å². The summed E-state index contributed by atoms with van der Waals surface area (Å²) in [5.41, 5.74) is 4.26. The van der Waals surface area contributed by atoms with Crippen LogP contribution in [0.3, 0.4) is 0 Å². The second kappa shape index (κ2) is 8.09. The monoisotopic (exact) mass is 479 g/mol. The molecule has 3 heterocycles. The van der Waals surface area contributed by atoms with Gasteiger partial charge < -0.3 is 19.2 Å². The van der Waals surface area contributed by atoms with Crippen LogP contribution in [0, 0.1) is 0 Å². The Balaban J connectivity index is 0.000000318. The molecule has 30 heavy (non-hydrogen) atoms. The first kappa shape index (κ1) is 23.5. The minimum atomic E-state index is -10.7. The molecule has 0 radical (unpaired) electrons. The van der Waals surface area contributed by atoms with E-state index in [1.54, 1.807) is 9.47 Å². The average Bonchev–Trinajstić information content (AvgIpc) is 3.41. The summed E-state index contributed by atoms with van der Waals surface area (Å²) in [4.78, 5) is 7.78. The predicted molar refractivity (Wildman–Crippen MR) is 116 cm³/mol. The van der Waals surface area contributed by atoms with Crippen LogP contribution in [0.25, 0.3) is 0 Å². The van der Waals surface area contributed by atoms with Crippen LogP contribution in [0.4, 0.5) is 42.2 Å². The summed E-state index contributed by atoms with van der Waals surface area (Å²) in [6, 6.07) is 4.51. The molecule has 0 N–H and O–H groups in total. The molecule has 3 aliphatic heterocycles. The van der Waals surface area contributed by atoms with Crippen LogP contribution in [-0.4, -0.2) is 39.3 Å². The zero-order valence-electron chi connectivity index (χ0n) is 16.8. The van der Waals surface area contributed by atoms with E-state index in [4.69, 9.17) is 4.52 Å². The SMILES string of the molecule is F[P-](F)(F)(F)(F)F.[PH3+]Oc1ccc(N2CCCC2)c(N2CCCC2)c1N1CCCC1. The smallest absolute Gasteiger partial charge is 0.198 e. The maximum atomic E-state index is 9.87. The summed E-state index contributed by atoms with van der Waals surface area (Å²) in [7, 11) is -9.05. The molecule has 4 nitrogen and oxygen atoms in total. The summed E-state index contributed by atoms with van der Waals surface area (Å²) >= 11 is 0. The van der Waals surface area contributed by atoms with E-state index in [9.17, 15) is 25.2 Å². The Bertz CT molecular complexity index is 733. The van der Waals surface area contributed by atoms with E-state index in [1.165, 1.54) is 94.9 Å². The maximum absolute atomic E-state index is 10.7. The van der Waals surface area contributed by atoms with Crippen molar-refractivity contribution in [2.24, 2.45) is 0 Å². The van der Waals surface area contributed by atoms with Crippen LogP contribution in [-0.2, 0) is 0 Å². The van der Waals surface area contributed by atoms with Gasteiger partial charge in [-0.15, -0.1) is 0 Å². The van der Waals surface area contributed by atoms with Crippen molar-refractivity contribution in [3.8, 4) is 5.75 Å². The van der Waals surface area contributed by atoms with Gasteiger partial charge in [-0.1, -0.05) is 0 Å². The molecule has 0 spiro atoms. The zero-order valence-corrected chi connectivity index (χ0v) is 19.1. The van der Waals surface area contributed by atoms with Gasteiger partial charge in [-0.3, -0.25) is 0 Å². The predicted octanol–water partition coefficient (Wildman–Crippen LogP) is 6.77. The molecule has 3 saturated heterocycles. The molecule has 1 aromatic rings. The minimum Gasteiger partial charge on any atom is -0.370 e. The Morgan fingerprint density at radius 1 is 0.633 bits per heavy atom. The number of hydrogen-bond donors (Lipinski definition) is 0. The van der Waals surface area contributed by atoms with Crippen LogP contribution < -0.4 is 19.2 Å². The molecule has 0 aliphatic carbocycles. The molecular weight excluding hydrogens is 450 g/mol. The van der Waals surface area contributed by atoms with E-state index in [-0.39, 0.29) is 0 Å². The van der Waals surface area contributed by atoms with Gasteiger partial charge in [-0.05, 0) is 50.7 Å². The van der Waals surface area contributed by atoms with Crippen molar-refractivity contribution in [3.05, 3.63) is 12.1 Å². The Hall–Kier alpha value is -1.14. The number of hydrogen-bond acceptors (Lipinski definition) is 4. The van der Waals surface area contributed by atoms with Gasteiger partial charge in [0.25, 0.3) is 0 Å². The molecule has 3 fully saturated rings. The van der Waals surface area contributed by atoms with Crippen LogP contribution in [0.15, 0.2) is 12.1 Å². The third kappa shape index (κ3) is 6.94. The van der Waals surface area contributed by atoms with Gasteiger partial charge in [0.05, 0.1) is 11.4 Å². The van der Waals surface area contributed by atoms with Crippen molar-refractivity contribution in [1.29, 1.82) is 0 Å². The topological polar surface area (TPSA) is 19.0 Å². The van der Waals surface area contributed by atoms with Gasteiger partial charge in [0.1, 0.15) is 5.69 Å². The third-order valence-electron chi connectivity index (χ3n) is 5.54. The standard InChI is InChI=1S/C18H29N3OP.F6P/c23-22-16-8-7-15(19-9-1-2-10-19)17(20-11-3-4-12-20)18(16)21-13-5-6-14-21;1-7(2,3,4,5)6/h7-8H,1-6,9-14H2,23H3;/q+1;-1. The van der Waals surface area contributed by atoms with E-state index in [0.717, 1.165) is 5.75 Å². The molecule has 1 unspecified atom stereocenters. The summed E-state index contributed by atoms with van der Waals surface area (Å²) in [5, 5.41) is 0. The van der Waals surface area contributed by atoms with E-state index < -0.39 is 7.81 Å². The van der Waals surface area contributed by atoms with Gasteiger partial charge in [0.2, 0.25) is 0 Å². The number of nitrogens with zero attached hydrogens (tertiary/aromatic N) is 3.